The number of nitrogens with one attached hydrogen (secondary N) is 3. The first-order valence-corrected chi connectivity index (χ1v) is 11.2. The molecule has 0 radical (unpaired) electrons. The van der Waals surface area contributed by atoms with Crippen LogP contribution in [0.3, 0.4) is 0 Å². The van der Waals surface area contributed by atoms with Crippen LogP contribution in [-0.4, -0.2) is 25.4 Å². The number of carbonyl (C=O) groups is 2. The van der Waals surface area contributed by atoms with Gasteiger partial charge < -0.3 is 8.94 Å². The van der Waals surface area contributed by atoms with Crippen molar-refractivity contribution in [3.05, 3.63) is 95.9 Å². The van der Waals surface area contributed by atoms with E-state index in [1.54, 1.807) is 36.4 Å². The monoisotopic (exact) mass is 466 g/mol. The Hall–Kier alpha value is -4.22. The summed E-state index contributed by atoms with van der Waals surface area (Å²) < 4.78 is 37.9. The van der Waals surface area contributed by atoms with Crippen molar-refractivity contribution >= 4 is 21.8 Å². The summed E-state index contributed by atoms with van der Waals surface area (Å²) in [4.78, 5) is 24.6. The highest BCUT2D eigenvalue weighted by atomic mass is 32.2. The molecule has 0 fully saturated rings. The lowest BCUT2D eigenvalue weighted by molar-refractivity contribution is 0.0841. The van der Waals surface area contributed by atoms with Crippen LogP contribution in [0.4, 0.5) is 0 Å². The Bertz CT molecular complexity index is 1360. The van der Waals surface area contributed by atoms with Gasteiger partial charge in [-0.2, -0.15) is 0 Å². The number of benzene rings is 2. The highest BCUT2D eigenvalue weighted by Gasteiger charge is 2.18. The molecule has 2 amide bonds. The molecule has 0 saturated carbocycles. The summed E-state index contributed by atoms with van der Waals surface area (Å²) in [5.41, 5.74) is 5.17. The topological polar surface area (TPSA) is 144 Å². The van der Waals surface area contributed by atoms with Crippen molar-refractivity contribution < 1.29 is 26.9 Å². The van der Waals surface area contributed by atoms with Crippen LogP contribution in [0.15, 0.2) is 92.9 Å². The second-order valence-corrected chi connectivity index (χ2v) is 8.57. The van der Waals surface area contributed by atoms with Crippen LogP contribution in [0, 0.1) is 0 Å². The summed E-state index contributed by atoms with van der Waals surface area (Å²) in [6, 6.07) is 19.1. The number of nitrogens with zero attached hydrogens (tertiary/aromatic N) is 1. The summed E-state index contributed by atoms with van der Waals surface area (Å²) >= 11 is 0. The zero-order valence-corrected chi connectivity index (χ0v) is 17.8. The standard InChI is InChI=1S/C22H18N4O6S/c27-21(24-25-22(28)18-13-20(32-26-18)19-10-5-11-31-19)16-8-4-9-17(12-16)33(29,30)23-14-15-6-2-1-3-7-15/h1-13,23H,14H2,(H,24,27)(H,25,28). The summed E-state index contributed by atoms with van der Waals surface area (Å²) in [5, 5.41) is 3.63. The molecular weight excluding hydrogens is 448 g/mol. The van der Waals surface area contributed by atoms with Crippen molar-refractivity contribution in [2.45, 2.75) is 11.4 Å². The smallest absolute Gasteiger partial charge is 0.291 e. The molecule has 11 heteroatoms. The van der Waals surface area contributed by atoms with Crippen molar-refractivity contribution in [3.8, 4) is 11.5 Å². The van der Waals surface area contributed by atoms with E-state index in [0.717, 1.165) is 5.56 Å². The average Bonchev–Trinajstić information content (AvgIpc) is 3.54. The molecule has 0 aliphatic heterocycles. The van der Waals surface area contributed by atoms with Crippen molar-refractivity contribution in [2.75, 3.05) is 0 Å². The Morgan fingerprint density at radius 3 is 2.39 bits per heavy atom. The maximum absolute atomic E-state index is 12.6. The average molecular weight is 466 g/mol. The van der Waals surface area contributed by atoms with Gasteiger partial charge in [-0.1, -0.05) is 41.6 Å². The number of rotatable bonds is 7. The van der Waals surface area contributed by atoms with E-state index in [4.69, 9.17) is 8.94 Å². The molecule has 10 nitrogen and oxygen atoms in total. The van der Waals surface area contributed by atoms with E-state index in [0.29, 0.717) is 5.76 Å². The molecule has 0 spiro atoms. The molecule has 0 unspecified atom stereocenters. The first kappa shape index (κ1) is 22.0. The fraction of sp³-hybridized carbons (Fsp3) is 0.0455. The van der Waals surface area contributed by atoms with Crippen LogP contribution in [0.25, 0.3) is 11.5 Å². The molecule has 2 heterocycles. The minimum Gasteiger partial charge on any atom is -0.461 e. The zero-order valence-electron chi connectivity index (χ0n) is 17.0. The predicted octanol–water partition coefficient (Wildman–Crippen LogP) is 2.49. The number of hydrogen-bond acceptors (Lipinski definition) is 7. The summed E-state index contributed by atoms with van der Waals surface area (Å²) in [5.74, 6) is -0.793. The van der Waals surface area contributed by atoms with Gasteiger partial charge in [0.2, 0.25) is 15.8 Å². The van der Waals surface area contributed by atoms with E-state index in [1.165, 1.54) is 36.6 Å². The van der Waals surface area contributed by atoms with E-state index < -0.39 is 21.8 Å². The lowest BCUT2D eigenvalue weighted by Gasteiger charge is -2.09. The lowest BCUT2D eigenvalue weighted by Crippen LogP contribution is -2.41. The van der Waals surface area contributed by atoms with Crippen LogP contribution in [0.5, 0.6) is 0 Å². The van der Waals surface area contributed by atoms with E-state index in [1.807, 2.05) is 6.07 Å². The van der Waals surface area contributed by atoms with Crippen LogP contribution in [-0.2, 0) is 16.6 Å². The molecule has 4 aromatic rings. The Morgan fingerprint density at radius 1 is 0.848 bits per heavy atom. The predicted molar refractivity (Wildman–Crippen MR) is 116 cm³/mol. The van der Waals surface area contributed by atoms with E-state index in [9.17, 15) is 18.0 Å². The molecular formula is C22H18N4O6S. The highest BCUT2D eigenvalue weighted by molar-refractivity contribution is 7.89. The normalized spacial score (nSPS) is 11.2. The van der Waals surface area contributed by atoms with Crippen molar-refractivity contribution in [2.24, 2.45) is 0 Å². The quantitative estimate of drug-likeness (QED) is 0.355. The summed E-state index contributed by atoms with van der Waals surface area (Å²) in [6.45, 7) is 0.105. The number of amides is 2. The number of furan rings is 1. The third-order valence-corrected chi connectivity index (χ3v) is 5.91. The third-order valence-electron chi connectivity index (χ3n) is 4.51. The van der Waals surface area contributed by atoms with Gasteiger partial charge in [0.25, 0.3) is 11.8 Å². The number of sulfonamides is 1. The number of hydrazine groups is 1. The molecule has 33 heavy (non-hydrogen) atoms. The van der Waals surface area contributed by atoms with Gasteiger partial charge in [0.05, 0.1) is 11.2 Å². The Labute approximate surface area is 188 Å². The van der Waals surface area contributed by atoms with Gasteiger partial charge in [-0.15, -0.1) is 0 Å². The van der Waals surface area contributed by atoms with E-state index in [-0.39, 0.29) is 28.5 Å². The fourth-order valence-electron chi connectivity index (χ4n) is 2.83. The molecule has 0 atom stereocenters. The van der Waals surface area contributed by atoms with E-state index >= 15 is 0 Å². The second-order valence-electron chi connectivity index (χ2n) is 6.80. The van der Waals surface area contributed by atoms with Gasteiger partial charge in [0.15, 0.2) is 11.5 Å². The lowest BCUT2D eigenvalue weighted by atomic mass is 10.2. The van der Waals surface area contributed by atoms with Crippen LogP contribution >= 0.6 is 0 Å². The molecule has 2 aromatic carbocycles. The highest BCUT2D eigenvalue weighted by Crippen LogP contribution is 2.20. The molecule has 3 N–H and O–H groups in total. The summed E-state index contributed by atoms with van der Waals surface area (Å²) in [6.07, 6.45) is 1.45. The summed E-state index contributed by atoms with van der Waals surface area (Å²) in [7, 11) is -3.86. The maximum Gasteiger partial charge on any atom is 0.291 e. The van der Waals surface area contributed by atoms with Gasteiger partial charge in [0, 0.05) is 18.2 Å². The molecule has 0 bridgehead atoms. The Balaban J connectivity index is 1.37. The number of aromatic nitrogens is 1. The maximum atomic E-state index is 12.6. The van der Waals surface area contributed by atoms with Gasteiger partial charge in [-0.3, -0.25) is 20.4 Å². The second kappa shape index (κ2) is 9.51. The van der Waals surface area contributed by atoms with Gasteiger partial charge in [-0.25, -0.2) is 13.1 Å². The van der Waals surface area contributed by atoms with Crippen molar-refractivity contribution in [3.63, 3.8) is 0 Å². The van der Waals surface area contributed by atoms with Gasteiger partial charge >= 0.3 is 0 Å². The van der Waals surface area contributed by atoms with Crippen LogP contribution in [0.2, 0.25) is 0 Å². The Kier molecular flexibility index (Phi) is 6.33. The molecule has 0 saturated heterocycles. The molecule has 0 aliphatic carbocycles. The van der Waals surface area contributed by atoms with Gasteiger partial charge in [0.1, 0.15) is 0 Å². The molecule has 2 aromatic heterocycles. The van der Waals surface area contributed by atoms with Crippen LogP contribution < -0.4 is 15.6 Å². The number of carbonyl (C=O) groups excluding carboxylic acids is 2. The SMILES string of the molecule is O=C(NNC(=O)c1cc(-c2ccco2)on1)c1cccc(S(=O)(=O)NCc2ccccc2)c1. The van der Waals surface area contributed by atoms with Crippen molar-refractivity contribution in [1.29, 1.82) is 0 Å². The number of hydrogen-bond donors (Lipinski definition) is 3. The largest absolute Gasteiger partial charge is 0.461 e. The molecule has 168 valence electrons. The molecule has 4 rings (SSSR count). The van der Waals surface area contributed by atoms with Crippen molar-refractivity contribution in [1.82, 2.24) is 20.7 Å². The third kappa shape index (κ3) is 5.34. The Morgan fingerprint density at radius 2 is 1.64 bits per heavy atom. The van der Waals surface area contributed by atoms with E-state index in [2.05, 4.69) is 20.7 Å². The van der Waals surface area contributed by atoms with Crippen LogP contribution in [0.1, 0.15) is 26.4 Å². The minimum absolute atomic E-state index is 0.0364. The fourth-order valence-corrected chi connectivity index (χ4v) is 3.89. The molecule has 0 aliphatic rings. The first-order valence-electron chi connectivity index (χ1n) is 9.67. The first-order chi connectivity index (χ1) is 15.9. The minimum atomic E-state index is -3.86. The zero-order chi connectivity index (χ0) is 23.3. The van der Waals surface area contributed by atoms with Gasteiger partial charge in [-0.05, 0) is 35.9 Å².